The number of halogens is 1. The van der Waals surface area contributed by atoms with Crippen LogP contribution in [0.15, 0.2) is 24.3 Å². The lowest BCUT2D eigenvalue weighted by atomic mass is 9.77. The number of rotatable bonds is 9. The second-order valence-electron chi connectivity index (χ2n) is 12.1. The number of carbonyl (C=O) groups is 5. The van der Waals surface area contributed by atoms with E-state index in [1.165, 1.54) is 17.0 Å². The van der Waals surface area contributed by atoms with Gasteiger partial charge in [-0.25, -0.2) is 4.39 Å². The minimum atomic E-state index is -0.866. The van der Waals surface area contributed by atoms with Crippen LogP contribution in [0.4, 0.5) is 4.39 Å². The summed E-state index contributed by atoms with van der Waals surface area (Å²) in [5, 5.41) is 8.65. The van der Waals surface area contributed by atoms with E-state index in [9.17, 15) is 28.4 Å². The van der Waals surface area contributed by atoms with Gasteiger partial charge in [0, 0.05) is 29.9 Å². The fourth-order valence-corrected chi connectivity index (χ4v) is 6.04. The van der Waals surface area contributed by atoms with Crippen molar-refractivity contribution in [3.63, 3.8) is 0 Å². The van der Waals surface area contributed by atoms with Crippen LogP contribution in [-0.2, 0) is 19.2 Å². The molecular weight excluding hydrogens is 517 g/mol. The number of hydrogen-bond donors (Lipinski definition) is 4. The van der Waals surface area contributed by atoms with Gasteiger partial charge in [-0.15, -0.1) is 0 Å². The lowest BCUT2D eigenvalue weighted by molar-refractivity contribution is -0.143. The van der Waals surface area contributed by atoms with Crippen molar-refractivity contribution in [3.8, 4) is 0 Å². The number of benzene rings is 1. The van der Waals surface area contributed by atoms with Crippen molar-refractivity contribution in [2.45, 2.75) is 64.6 Å². The number of aromatic nitrogens is 1. The summed E-state index contributed by atoms with van der Waals surface area (Å²) in [6.07, 6.45) is 2.96. The Morgan fingerprint density at radius 2 is 1.95 bits per heavy atom. The Kier molecular flexibility index (Phi) is 7.41. The maximum atomic E-state index is 14.2. The molecule has 1 aromatic carbocycles. The highest BCUT2D eigenvalue weighted by Crippen LogP contribution is 2.43. The van der Waals surface area contributed by atoms with Crippen LogP contribution < -0.4 is 16.0 Å². The number of likely N-dealkylation sites (tertiary alicyclic amines) is 1. The molecule has 0 spiro atoms. The number of H-pyrrole nitrogens is 1. The van der Waals surface area contributed by atoms with Crippen molar-refractivity contribution in [3.05, 3.63) is 35.8 Å². The molecule has 3 fully saturated rings. The van der Waals surface area contributed by atoms with Crippen LogP contribution in [-0.4, -0.2) is 71.0 Å². The first-order valence-corrected chi connectivity index (χ1v) is 13.9. The van der Waals surface area contributed by atoms with Gasteiger partial charge >= 0.3 is 0 Å². The van der Waals surface area contributed by atoms with Gasteiger partial charge in [0.25, 0.3) is 5.91 Å². The van der Waals surface area contributed by atoms with E-state index in [1.54, 1.807) is 12.1 Å². The van der Waals surface area contributed by atoms with Crippen LogP contribution >= 0.6 is 0 Å². The SMILES string of the molecule is C[C@@H]1CN(C(=O)C(NC(=O)c2cc3c(F)cccc3[nH]2)C2CC2)[C@H](C(=O)N[C@H](C=O)C[C@@H]2CCNC2=O)C1(C)C. The predicted molar refractivity (Wildman–Crippen MR) is 144 cm³/mol. The van der Waals surface area contributed by atoms with Crippen molar-refractivity contribution in [1.29, 1.82) is 0 Å². The monoisotopic (exact) mass is 553 g/mol. The summed E-state index contributed by atoms with van der Waals surface area (Å²) < 4.78 is 14.2. The molecule has 40 heavy (non-hydrogen) atoms. The van der Waals surface area contributed by atoms with Crippen LogP contribution in [0.3, 0.4) is 0 Å². The Hall–Kier alpha value is -3.76. The van der Waals surface area contributed by atoms with Gasteiger partial charge in [-0.2, -0.15) is 0 Å². The van der Waals surface area contributed by atoms with E-state index < -0.39 is 41.2 Å². The number of aromatic amines is 1. The minimum Gasteiger partial charge on any atom is -0.356 e. The molecule has 0 bridgehead atoms. The molecule has 10 nitrogen and oxygen atoms in total. The molecule has 214 valence electrons. The molecule has 2 aliphatic heterocycles. The average Bonchev–Trinajstić information content (AvgIpc) is 3.43. The quantitative estimate of drug-likeness (QED) is 0.351. The second-order valence-corrected chi connectivity index (χ2v) is 12.1. The van der Waals surface area contributed by atoms with E-state index in [1.807, 2.05) is 20.8 Å². The standard InChI is InChI=1S/C29H36FN5O5/c1-15-13-35(24(29(15,2)3)27(39)32-18(14-36)11-17-9-10-31-25(17)37)28(40)23(16-7-8-16)34-26(38)22-12-19-20(30)5-4-6-21(19)33-22/h4-6,12,14-18,23-24,33H,7-11,13H2,1-3H3,(H,31,37)(H,32,39)(H,34,38)/t15-,17+,18+,23?,24-/m1/s1. The zero-order chi connectivity index (χ0) is 28.8. The van der Waals surface area contributed by atoms with Gasteiger partial charge in [-0.3, -0.25) is 19.2 Å². The van der Waals surface area contributed by atoms with Gasteiger partial charge in [-0.1, -0.05) is 26.8 Å². The first kappa shape index (κ1) is 27.8. The predicted octanol–water partition coefficient (Wildman–Crippen LogP) is 1.90. The molecule has 3 heterocycles. The van der Waals surface area contributed by atoms with E-state index >= 15 is 0 Å². The van der Waals surface area contributed by atoms with Gasteiger partial charge in [-0.05, 0) is 61.1 Å². The number of nitrogens with one attached hydrogen (secondary N) is 4. The number of fused-ring (bicyclic) bond motifs is 1. The van der Waals surface area contributed by atoms with Crippen molar-refractivity contribution >= 4 is 40.8 Å². The Morgan fingerprint density at radius 3 is 2.58 bits per heavy atom. The van der Waals surface area contributed by atoms with Crippen molar-refractivity contribution < 1.29 is 28.4 Å². The Bertz CT molecular complexity index is 1350. The molecule has 0 radical (unpaired) electrons. The third kappa shape index (κ3) is 5.21. The normalized spacial score (nSPS) is 25.4. The molecule has 5 rings (SSSR count). The minimum absolute atomic E-state index is 0.0327. The van der Waals surface area contributed by atoms with E-state index in [-0.39, 0.29) is 47.1 Å². The number of nitrogens with zero attached hydrogens (tertiary/aromatic N) is 1. The maximum Gasteiger partial charge on any atom is 0.268 e. The smallest absolute Gasteiger partial charge is 0.268 e. The Labute approximate surface area is 231 Å². The topological polar surface area (TPSA) is 140 Å². The van der Waals surface area contributed by atoms with Crippen LogP contribution in [0.25, 0.3) is 10.9 Å². The van der Waals surface area contributed by atoms with Gasteiger partial charge < -0.3 is 30.6 Å². The molecule has 1 aliphatic carbocycles. The van der Waals surface area contributed by atoms with E-state index in [0.29, 0.717) is 31.3 Å². The number of aldehydes is 1. The molecule has 5 atom stereocenters. The van der Waals surface area contributed by atoms with Crippen LogP contribution in [0.1, 0.15) is 56.9 Å². The third-order valence-electron chi connectivity index (χ3n) is 8.98. The summed E-state index contributed by atoms with van der Waals surface area (Å²) in [4.78, 5) is 69.1. The fourth-order valence-electron chi connectivity index (χ4n) is 6.04. The third-order valence-corrected chi connectivity index (χ3v) is 8.98. The lowest BCUT2D eigenvalue weighted by Gasteiger charge is -2.35. The number of amides is 4. The highest BCUT2D eigenvalue weighted by Gasteiger charge is 2.54. The average molecular weight is 554 g/mol. The Morgan fingerprint density at radius 1 is 1.20 bits per heavy atom. The van der Waals surface area contributed by atoms with Crippen molar-refractivity contribution in [2.24, 2.45) is 23.2 Å². The summed E-state index contributed by atoms with van der Waals surface area (Å²) >= 11 is 0. The summed E-state index contributed by atoms with van der Waals surface area (Å²) in [7, 11) is 0. The van der Waals surface area contributed by atoms with Crippen molar-refractivity contribution in [2.75, 3.05) is 13.1 Å². The van der Waals surface area contributed by atoms with E-state index in [0.717, 1.165) is 12.8 Å². The summed E-state index contributed by atoms with van der Waals surface area (Å²) in [6, 6.07) is 3.39. The van der Waals surface area contributed by atoms with Crippen LogP contribution in [0, 0.1) is 29.0 Å². The van der Waals surface area contributed by atoms with Gasteiger partial charge in [0.1, 0.15) is 29.9 Å². The molecule has 4 amide bonds. The van der Waals surface area contributed by atoms with Crippen LogP contribution in [0.2, 0.25) is 0 Å². The molecule has 1 unspecified atom stereocenters. The number of hydrogen-bond acceptors (Lipinski definition) is 5. The molecule has 2 aromatic rings. The maximum absolute atomic E-state index is 14.2. The molecule has 4 N–H and O–H groups in total. The zero-order valence-electron chi connectivity index (χ0n) is 23.0. The van der Waals surface area contributed by atoms with Crippen LogP contribution in [0.5, 0.6) is 0 Å². The second kappa shape index (κ2) is 10.7. The highest BCUT2D eigenvalue weighted by atomic mass is 19.1. The first-order chi connectivity index (χ1) is 19.0. The van der Waals surface area contributed by atoms with Gasteiger partial charge in [0.15, 0.2) is 0 Å². The molecular formula is C29H36FN5O5. The van der Waals surface area contributed by atoms with Crippen molar-refractivity contribution in [1.82, 2.24) is 25.8 Å². The van der Waals surface area contributed by atoms with E-state index in [2.05, 4.69) is 20.9 Å². The summed E-state index contributed by atoms with van der Waals surface area (Å²) in [5.41, 5.74) is 0.0175. The summed E-state index contributed by atoms with van der Waals surface area (Å²) in [6.45, 7) is 6.66. The molecule has 1 saturated carbocycles. The van der Waals surface area contributed by atoms with E-state index in [4.69, 9.17) is 0 Å². The lowest BCUT2D eigenvalue weighted by Crippen LogP contribution is -2.58. The molecule has 1 aromatic heterocycles. The molecule has 2 saturated heterocycles. The molecule has 3 aliphatic rings. The number of carbonyl (C=O) groups excluding carboxylic acids is 5. The summed E-state index contributed by atoms with van der Waals surface area (Å²) in [5.74, 6) is -2.36. The largest absolute Gasteiger partial charge is 0.356 e. The fraction of sp³-hybridized carbons (Fsp3) is 0.552. The highest BCUT2D eigenvalue weighted by molar-refractivity contribution is 6.01. The van der Waals surface area contributed by atoms with Gasteiger partial charge in [0.2, 0.25) is 17.7 Å². The Balaban J connectivity index is 1.34. The zero-order valence-corrected chi connectivity index (χ0v) is 23.0. The van der Waals surface area contributed by atoms with Gasteiger partial charge in [0.05, 0.1) is 6.04 Å². The first-order valence-electron chi connectivity index (χ1n) is 13.9. The molecule has 11 heteroatoms.